The molecular weight excluding hydrogens is 658 g/mol. The zero-order valence-electron chi connectivity index (χ0n) is 30.2. The fourth-order valence-electron chi connectivity index (χ4n) is 6.18. The first-order chi connectivity index (χ1) is 24.3. The smallest absolute Gasteiger partial charge is 0.410 e. The van der Waals surface area contributed by atoms with Gasteiger partial charge < -0.3 is 34.6 Å². The second kappa shape index (κ2) is 16.0. The fourth-order valence-corrected chi connectivity index (χ4v) is 6.18. The number of imidazole rings is 1. The molecular formula is C38H46F2N6O5. The van der Waals surface area contributed by atoms with Crippen LogP contribution in [0.25, 0.3) is 22.8 Å². The van der Waals surface area contributed by atoms with E-state index in [2.05, 4.69) is 15.4 Å². The van der Waals surface area contributed by atoms with Crippen LogP contribution in [-0.2, 0) is 15.9 Å². The van der Waals surface area contributed by atoms with Gasteiger partial charge in [-0.3, -0.25) is 0 Å². The number of carbonyl (C=O) groups is 1. The number of hydrogen-bond donors (Lipinski definition) is 3. The number of pyridine rings is 1. The Balaban J connectivity index is 1.79. The first-order valence-corrected chi connectivity index (χ1v) is 17.0. The number of rotatable bonds is 9. The Labute approximate surface area is 297 Å². The normalized spacial score (nSPS) is 19.0. The predicted octanol–water partition coefficient (Wildman–Crippen LogP) is 6.67. The first kappa shape index (κ1) is 37.4. The average molecular weight is 705 g/mol. The zero-order valence-corrected chi connectivity index (χ0v) is 30.2. The van der Waals surface area contributed by atoms with Crippen molar-refractivity contribution in [2.24, 2.45) is 5.10 Å². The minimum atomic E-state index is -0.995. The number of aliphatic hydroxyl groups is 1. The van der Waals surface area contributed by atoms with Gasteiger partial charge >= 0.3 is 6.09 Å². The van der Waals surface area contributed by atoms with Gasteiger partial charge in [-0.15, -0.1) is 0 Å². The molecule has 3 aromatic rings. The maximum atomic E-state index is 16.3. The van der Waals surface area contributed by atoms with Crippen LogP contribution in [0, 0.1) is 18.6 Å². The van der Waals surface area contributed by atoms with E-state index in [0.717, 1.165) is 40.4 Å². The third-order valence-corrected chi connectivity index (χ3v) is 8.22. The third kappa shape index (κ3) is 8.89. The number of hydrazone groups is 1. The predicted molar refractivity (Wildman–Crippen MR) is 192 cm³/mol. The number of carbonyl (C=O) groups excluding carboxylic acids is 1. The number of ether oxygens (including phenoxy) is 3. The van der Waals surface area contributed by atoms with Gasteiger partial charge in [0.25, 0.3) is 0 Å². The van der Waals surface area contributed by atoms with Crippen molar-refractivity contribution < 1.29 is 32.9 Å². The molecule has 0 bridgehead atoms. The number of allylic oxidation sites excluding steroid dienone is 4. The molecule has 13 heteroatoms. The lowest BCUT2D eigenvalue weighted by Gasteiger charge is -2.27. The Morgan fingerprint density at radius 1 is 1.18 bits per heavy atom. The number of nitrogens with one attached hydrogen (secondary N) is 2. The summed E-state index contributed by atoms with van der Waals surface area (Å²) in [6, 6.07) is 1.91. The van der Waals surface area contributed by atoms with Crippen LogP contribution in [0.1, 0.15) is 81.2 Å². The van der Waals surface area contributed by atoms with Crippen molar-refractivity contribution in [3.05, 3.63) is 87.8 Å². The molecule has 3 heterocycles. The number of amides is 1. The SMILES string of the molecule is C/C=C\C(=C/c1cnc(C)[nH]1)c1nc(C2=N/NCCN(C(=O)OC(C)(C)C)C\C(C)=C\2)c(-c2c(F)cc(F)cc2OCCOC)c2c1CCC2O. The highest BCUT2D eigenvalue weighted by molar-refractivity contribution is 6.13. The monoisotopic (exact) mass is 704 g/mol. The Hall–Kier alpha value is -4.88. The van der Waals surface area contributed by atoms with E-state index in [0.29, 0.717) is 36.4 Å². The highest BCUT2D eigenvalue weighted by atomic mass is 19.1. The molecule has 3 N–H and O–H groups in total. The standard InChI is InChI=1S/C38H46F2N6O5/c1-8-9-24(17-26-20-41-23(3)43-26)35-27-10-11-30(47)32(27)34(33-28(40)18-25(39)19-31(33)50-15-14-49-7)36(44-35)29-16-22(2)21-46(13-12-42-45-29)37(48)51-38(4,5)6/h8-9,16-20,30,42,47H,10-15,21H2,1-7H3,(H,41,43)/b9-8-,22-16+,24-17+,45-29+. The summed E-state index contributed by atoms with van der Waals surface area (Å²) in [5, 5.41) is 16.4. The van der Waals surface area contributed by atoms with E-state index in [1.165, 1.54) is 7.11 Å². The number of aromatic amines is 1. The number of H-pyrrole nitrogens is 1. The summed E-state index contributed by atoms with van der Waals surface area (Å²) < 4.78 is 47.7. The van der Waals surface area contributed by atoms with Gasteiger partial charge in [0.1, 0.15) is 41.1 Å². The molecule has 272 valence electrons. The van der Waals surface area contributed by atoms with Crippen molar-refractivity contribution in [1.29, 1.82) is 0 Å². The van der Waals surface area contributed by atoms with Crippen molar-refractivity contribution in [2.75, 3.05) is 40.0 Å². The van der Waals surface area contributed by atoms with Crippen LogP contribution in [0.2, 0.25) is 0 Å². The zero-order chi connectivity index (χ0) is 36.9. The van der Waals surface area contributed by atoms with E-state index >= 15 is 4.39 Å². The Morgan fingerprint density at radius 3 is 2.65 bits per heavy atom. The lowest BCUT2D eigenvalue weighted by atomic mass is 9.89. The maximum Gasteiger partial charge on any atom is 0.410 e. The molecule has 1 aliphatic heterocycles. The summed E-state index contributed by atoms with van der Waals surface area (Å²) in [5.41, 5.74) is 7.08. The number of hydrogen-bond acceptors (Lipinski definition) is 9. The second-order valence-electron chi connectivity index (χ2n) is 13.6. The summed E-state index contributed by atoms with van der Waals surface area (Å²) in [5.74, 6) is -1.03. The third-order valence-electron chi connectivity index (χ3n) is 8.22. The van der Waals surface area contributed by atoms with Crippen molar-refractivity contribution >= 4 is 23.5 Å². The van der Waals surface area contributed by atoms with Gasteiger partial charge in [-0.05, 0) is 77.7 Å². The van der Waals surface area contributed by atoms with Crippen LogP contribution in [0.3, 0.4) is 0 Å². The van der Waals surface area contributed by atoms with Crippen molar-refractivity contribution in [1.82, 2.24) is 25.3 Å². The lowest BCUT2D eigenvalue weighted by molar-refractivity contribution is 0.0269. The Morgan fingerprint density at radius 2 is 1.96 bits per heavy atom. The van der Waals surface area contributed by atoms with Gasteiger partial charge in [0.2, 0.25) is 0 Å². The number of benzene rings is 1. The van der Waals surface area contributed by atoms with Gasteiger partial charge in [-0.2, -0.15) is 5.10 Å². The van der Waals surface area contributed by atoms with Crippen molar-refractivity contribution in [3.63, 3.8) is 0 Å². The number of aryl methyl sites for hydroxylation is 1. The maximum absolute atomic E-state index is 16.3. The van der Waals surface area contributed by atoms with E-state index in [1.807, 2.05) is 59.8 Å². The summed E-state index contributed by atoms with van der Waals surface area (Å²) >= 11 is 0. The minimum absolute atomic E-state index is 0.0256. The van der Waals surface area contributed by atoms with Crippen LogP contribution in [0.5, 0.6) is 5.75 Å². The van der Waals surface area contributed by atoms with Crippen LogP contribution in [0.4, 0.5) is 13.6 Å². The number of aliphatic hydroxyl groups excluding tert-OH is 1. The second-order valence-corrected chi connectivity index (χ2v) is 13.6. The fraction of sp³-hybridized carbons (Fsp3) is 0.421. The van der Waals surface area contributed by atoms with Crippen molar-refractivity contribution in [2.45, 2.75) is 66.1 Å². The number of methoxy groups -OCH3 is 1. The van der Waals surface area contributed by atoms with Crippen LogP contribution < -0.4 is 10.2 Å². The number of fused-ring (bicyclic) bond motifs is 1. The molecule has 0 saturated heterocycles. The minimum Gasteiger partial charge on any atom is -0.490 e. The van der Waals surface area contributed by atoms with E-state index in [9.17, 15) is 14.3 Å². The molecule has 1 unspecified atom stereocenters. The quantitative estimate of drug-likeness (QED) is 0.166. The molecule has 0 radical (unpaired) electrons. The molecule has 1 atom stereocenters. The number of nitrogens with zero attached hydrogens (tertiary/aromatic N) is 4. The molecule has 0 fully saturated rings. The first-order valence-electron chi connectivity index (χ1n) is 17.0. The van der Waals surface area contributed by atoms with E-state index in [-0.39, 0.29) is 48.9 Å². The molecule has 1 aromatic carbocycles. The van der Waals surface area contributed by atoms with Gasteiger partial charge in [0.15, 0.2) is 0 Å². The van der Waals surface area contributed by atoms with Gasteiger partial charge in [0, 0.05) is 43.5 Å². The molecule has 2 aliphatic rings. The van der Waals surface area contributed by atoms with Gasteiger partial charge in [-0.25, -0.2) is 23.5 Å². The lowest BCUT2D eigenvalue weighted by Crippen LogP contribution is -2.40. The highest BCUT2D eigenvalue weighted by Crippen LogP contribution is 2.47. The molecule has 0 spiro atoms. The summed E-state index contributed by atoms with van der Waals surface area (Å²) in [6.45, 7) is 12.0. The van der Waals surface area contributed by atoms with Gasteiger partial charge in [0.05, 0.1) is 48.1 Å². The summed E-state index contributed by atoms with van der Waals surface area (Å²) in [4.78, 5) is 27.4. The van der Waals surface area contributed by atoms with E-state index in [4.69, 9.17) is 24.3 Å². The highest BCUT2D eigenvalue weighted by Gasteiger charge is 2.35. The Bertz CT molecular complexity index is 1890. The number of halogens is 2. The molecule has 2 aromatic heterocycles. The van der Waals surface area contributed by atoms with E-state index in [1.54, 1.807) is 17.2 Å². The molecule has 0 saturated carbocycles. The molecule has 1 amide bonds. The van der Waals surface area contributed by atoms with Crippen LogP contribution in [0.15, 0.2) is 47.2 Å². The molecule has 5 rings (SSSR count). The largest absolute Gasteiger partial charge is 0.490 e. The van der Waals surface area contributed by atoms with Crippen molar-refractivity contribution in [3.8, 4) is 16.9 Å². The Kier molecular flexibility index (Phi) is 11.7. The van der Waals surface area contributed by atoms with E-state index < -0.39 is 29.4 Å². The molecule has 1 aliphatic carbocycles. The summed E-state index contributed by atoms with van der Waals surface area (Å²) in [7, 11) is 1.50. The number of aromatic nitrogens is 3. The molecule has 11 nitrogen and oxygen atoms in total. The molecule has 51 heavy (non-hydrogen) atoms. The summed E-state index contributed by atoms with van der Waals surface area (Å²) in [6.07, 6.45) is 8.55. The van der Waals surface area contributed by atoms with Crippen LogP contribution >= 0.6 is 0 Å². The van der Waals surface area contributed by atoms with Gasteiger partial charge in [-0.1, -0.05) is 17.7 Å². The topological polar surface area (TPSA) is 134 Å². The van der Waals surface area contributed by atoms with Crippen LogP contribution in [-0.4, -0.2) is 82.3 Å². The average Bonchev–Trinajstić information content (AvgIpc) is 3.66.